The van der Waals surface area contributed by atoms with Crippen molar-refractivity contribution in [1.82, 2.24) is 4.31 Å². The minimum absolute atomic E-state index is 0.184. The summed E-state index contributed by atoms with van der Waals surface area (Å²) in [5, 5.41) is 0. The Kier molecular flexibility index (Phi) is 4.30. The van der Waals surface area contributed by atoms with E-state index < -0.39 is 10.0 Å². The van der Waals surface area contributed by atoms with Crippen molar-refractivity contribution < 1.29 is 13.2 Å². The zero-order valence-electron chi connectivity index (χ0n) is 12.1. The number of ether oxygens (including phenoxy) is 1. The van der Waals surface area contributed by atoms with E-state index in [4.69, 9.17) is 4.74 Å². The molecule has 0 aromatic heterocycles. The van der Waals surface area contributed by atoms with E-state index >= 15 is 0 Å². The minimum atomic E-state index is -3.42. The molecule has 6 heteroatoms. The van der Waals surface area contributed by atoms with Gasteiger partial charge < -0.3 is 4.74 Å². The molecular formula is C15H20BrNO3S. The molecule has 2 aliphatic rings. The molecule has 2 fully saturated rings. The molecule has 0 aliphatic heterocycles. The molecule has 21 heavy (non-hydrogen) atoms. The van der Waals surface area contributed by atoms with Gasteiger partial charge in [0.05, 0.1) is 16.5 Å². The summed E-state index contributed by atoms with van der Waals surface area (Å²) in [5.74, 6) is 0.646. The number of halogens is 1. The molecule has 0 bridgehead atoms. The molecule has 0 unspecified atom stereocenters. The number of hydrogen-bond acceptors (Lipinski definition) is 3. The normalized spacial score (nSPS) is 20.1. The van der Waals surface area contributed by atoms with Gasteiger partial charge >= 0.3 is 0 Å². The summed E-state index contributed by atoms with van der Waals surface area (Å²) in [7, 11) is -1.85. The van der Waals surface area contributed by atoms with Crippen LogP contribution >= 0.6 is 15.9 Å². The van der Waals surface area contributed by atoms with Gasteiger partial charge in [0, 0.05) is 12.1 Å². The maximum Gasteiger partial charge on any atom is 0.243 e. The van der Waals surface area contributed by atoms with Crippen molar-refractivity contribution >= 4 is 26.0 Å². The third-order valence-electron chi connectivity index (χ3n) is 4.29. The van der Waals surface area contributed by atoms with Gasteiger partial charge in [-0.3, -0.25) is 0 Å². The van der Waals surface area contributed by atoms with Gasteiger partial charge in [0.1, 0.15) is 5.75 Å². The number of sulfonamides is 1. The third-order valence-corrected chi connectivity index (χ3v) is 6.91. The number of nitrogens with zero attached hydrogens (tertiary/aromatic N) is 1. The topological polar surface area (TPSA) is 46.6 Å². The van der Waals surface area contributed by atoms with E-state index in [1.807, 2.05) is 0 Å². The quantitative estimate of drug-likeness (QED) is 0.792. The van der Waals surface area contributed by atoms with Crippen molar-refractivity contribution in [2.45, 2.75) is 55.5 Å². The van der Waals surface area contributed by atoms with Crippen LogP contribution in [0.4, 0.5) is 0 Å². The molecule has 1 aromatic rings. The lowest BCUT2D eigenvalue weighted by Gasteiger charge is -2.28. The Labute approximate surface area is 134 Å². The predicted molar refractivity (Wildman–Crippen MR) is 85.0 cm³/mol. The minimum Gasteiger partial charge on any atom is -0.496 e. The standard InChI is InChI=1S/C15H20BrNO3S/c1-20-15-9-8-13(10-14(15)16)21(18,19)17(12-6-7-12)11-4-2-3-5-11/h8-12H,2-7H2,1H3. The molecule has 0 heterocycles. The molecule has 0 spiro atoms. The lowest BCUT2D eigenvalue weighted by atomic mass is 10.2. The summed E-state index contributed by atoms with van der Waals surface area (Å²) < 4.78 is 33.7. The van der Waals surface area contributed by atoms with Crippen molar-refractivity contribution in [1.29, 1.82) is 0 Å². The zero-order valence-corrected chi connectivity index (χ0v) is 14.5. The summed E-state index contributed by atoms with van der Waals surface area (Å²) in [6.45, 7) is 0. The van der Waals surface area contributed by atoms with Crippen LogP contribution in [0.3, 0.4) is 0 Å². The van der Waals surface area contributed by atoms with Crippen LogP contribution in [-0.4, -0.2) is 31.9 Å². The van der Waals surface area contributed by atoms with Crippen molar-refractivity contribution in [2.24, 2.45) is 0 Å². The summed E-state index contributed by atoms with van der Waals surface area (Å²) >= 11 is 3.38. The predicted octanol–water partition coefficient (Wildman–Crippen LogP) is 3.55. The molecule has 0 atom stereocenters. The Bertz CT molecular complexity index is 622. The van der Waals surface area contributed by atoms with E-state index in [1.54, 1.807) is 29.6 Å². The van der Waals surface area contributed by atoms with Crippen LogP contribution in [0, 0.1) is 0 Å². The highest BCUT2D eigenvalue weighted by atomic mass is 79.9. The lowest BCUT2D eigenvalue weighted by molar-refractivity contribution is 0.314. The Balaban J connectivity index is 1.95. The van der Waals surface area contributed by atoms with Crippen LogP contribution < -0.4 is 4.74 Å². The van der Waals surface area contributed by atoms with Gasteiger partial charge in [0.15, 0.2) is 0 Å². The van der Waals surface area contributed by atoms with E-state index in [0.717, 1.165) is 38.5 Å². The maximum atomic E-state index is 13.0. The van der Waals surface area contributed by atoms with E-state index in [-0.39, 0.29) is 12.1 Å². The molecule has 1 aromatic carbocycles. The first-order valence-corrected chi connectivity index (χ1v) is 9.64. The number of benzene rings is 1. The number of hydrogen-bond donors (Lipinski definition) is 0. The molecule has 2 aliphatic carbocycles. The molecule has 116 valence electrons. The van der Waals surface area contributed by atoms with Gasteiger partial charge in [-0.15, -0.1) is 0 Å². The van der Waals surface area contributed by atoms with Gasteiger partial charge in [-0.2, -0.15) is 4.31 Å². The molecule has 0 N–H and O–H groups in total. The van der Waals surface area contributed by atoms with Crippen LogP contribution in [0.5, 0.6) is 5.75 Å². The molecule has 4 nitrogen and oxygen atoms in total. The van der Waals surface area contributed by atoms with E-state index in [0.29, 0.717) is 15.1 Å². The molecule has 0 radical (unpaired) electrons. The largest absolute Gasteiger partial charge is 0.496 e. The molecule has 0 amide bonds. The van der Waals surface area contributed by atoms with Crippen LogP contribution in [-0.2, 0) is 10.0 Å². The third kappa shape index (κ3) is 2.98. The zero-order chi connectivity index (χ0) is 15.0. The Hall–Kier alpha value is -0.590. The van der Waals surface area contributed by atoms with Gasteiger partial charge in [-0.05, 0) is 59.8 Å². The summed E-state index contributed by atoms with van der Waals surface area (Å²) in [6.07, 6.45) is 6.24. The number of methoxy groups -OCH3 is 1. The SMILES string of the molecule is COc1ccc(S(=O)(=O)N(C2CCCC2)C2CC2)cc1Br. The van der Waals surface area contributed by atoms with Crippen molar-refractivity contribution in [2.75, 3.05) is 7.11 Å². The number of rotatable bonds is 5. The van der Waals surface area contributed by atoms with Gasteiger partial charge in [0.25, 0.3) is 0 Å². The first-order chi connectivity index (χ1) is 10.0. The first-order valence-electron chi connectivity index (χ1n) is 7.41. The Morgan fingerprint density at radius 3 is 2.29 bits per heavy atom. The van der Waals surface area contributed by atoms with Crippen molar-refractivity contribution in [3.8, 4) is 5.75 Å². The van der Waals surface area contributed by atoms with Crippen LogP contribution in [0.2, 0.25) is 0 Å². The monoisotopic (exact) mass is 373 g/mol. The lowest BCUT2D eigenvalue weighted by Crippen LogP contribution is -2.40. The maximum absolute atomic E-state index is 13.0. The molecular weight excluding hydrogens is 354 g/mol. The second-order valence-electron chi connectivity index (χ2n) is 5.80. The second-order valence-corrected chi connectivity index (χ2v) is 8.50. The second kappa shape index (κ2) is 5.89. The molecule has 3 rings (SSSR count). The van der Waals surface area contributed by atoms with E-state index in [1.165, 1.54) is 0 Å². The van der Waals surface area contributed by atoms with Crippen molar-refractivity contribution in [3.63, 3.8) is 0 Å². The average molecular weight is 374 g/mol. The summed E-state index contributed by atoms with van der Waals surface area (Å²) in [6, 6.07) is 5.39. The van der Waals surface area contributed by atoms with Crippen molar-refractivity contribution in [3.05, 3.63) is 22.7 Å². The highest BCUT2D eigenvalue weighted by molar-refractivity contribution is 9.10. The fourth-order valence-corrected chi connectivity index (χ4v) is 5.76. The molecule has 2 saturated carbocycles. The van der Waals surface area contributed by atoms with Gasteiger partial charge in [0.2, 0.25) is 10.0 Å². The van der Waals surface area contributed by atoms with Crippen LogP contribution in [0.25, 0.3) is 0 Å². The van der Waals surface area contributed by atoms with Gasteiger partial charge in [-0.25, -0.2) is 8.42 Å². The Morgan fingerprint density at radius 1 is 1.14 bits per heavy atom. The fourth-order valence-electron chi connectivity index (χ4n) is 3.11. The smallest absolute Gasteiger partial charge is 0.243 e. The van der Waals surface area contributed by atoms with E-state index in [9.17, 15) is 8.42 Å². The highest BCUT2D eigenvalue weighted by Crippen LogP contribution is 2.39. The van der Waals surface area contributed by atoms with Crippen LogP contribution in [0.15, 0.2) is 27.6 Å². The first kappa shape index (κ1) is 15.3. The van der Waals surface area contributed by atoms with Gasteiger partial charge in [-0.1, -0.05) is 12.8 Å². The molecule has 0 saturated heterocycles. The summed E-state index contributed by atoms with van der Waals surface area (Å²) in [4.78, 5) is 0.356. The highest BCUT2D eigenvalue weighted by Gasteiger charge is 2.43. The Morgan fingerprint density at radius 2 is 1.76 bits per heavy atom. The van der Waals surface area contributed by atoms with E-state index in [2.05, 4.69) is 15.9 Å². The average Bonchev–Trinajstić information content (AvgIpc) is 3.12. The van der Waals surface area contributed by atoms with Crippen LogP contribution in [0.1, 0.15) is 38.5 Å². The summed E-state index contributed by atoms with van der Waals surface area (Å²) in [5.41, 5.74) is 0. The fraction of sp³-hybridized carbons (Fsp3) is 0.600.